The van der Waals surface area contributed by atoms with Crippen LogP contribution in [0.3, 0.4) is 0 Å². The summed E-state index contributed by atoms with van der Waals surface area (Å²) in [5.74, 6) is -1.70. The summed E-state index contributed by atoms with van der Waals surface area (Å²) >= 11 is 18.8. The van der Waals surface area contributed by atoms with E-state index in [1.807, 2.05) is 0 Å². The fraction of sp³-hybridized carbons (Fsp3) is 0.0968. The Morgan fingerprint density at radius 2 is 1.67 bits per heavy atom. The lowest BCUT2D eigenvalue weighted by Gasteiger charge is -2.15. The topological polar surface area (TPSA) is 165 Å². The van der Waals surface area contributed by atoms with E-state index >= 15 is 0 Å². The molecular formula is C31H23Cl3N6O6. The minimum Gasteiger partial charge on any atom is -0.508 e. The first kappa shape index (κ1) is 32.2. The number of phenolic OH excluding ortho intramolecular Hbond substituents is 2. The van der Waals surface area contributed by atoms with Crippen LogP contribution in [0.5, 0.6) is 17.2 Å². The predicted molar refractivity (Wildman–Crippen MR) is 174 cm³/mol. The summed E-state index contributed by atoms with van der Waals surface area (Å²) in [5, 5.41) is 38.7. The van der Waals surface area contributed by atoms with E-state index in [4.69, 9.17) is 39.5 Å². The number of amidine groups is 1. The summed E-state index contributed by atoms with van der Waals surface area (Å²) < 4.78 is 5.15. The Labute approximate surface area is 276 Å². The van der Waals surface area contributed by atoms with E-state index in [-0.39, 0.29) is 61.3 Å². The van der Waals surface area contributed by atoms with E-state index in [0.717, 1.165) is 5.01 Å². The number of amides is 3. The number of azo groups is 1. The molecule has 46 heavy (non-hydrogen) atoms. The molecule has 0 spiro atoms. The van der Waals surface area contributed by atoms with Gasteiger partial charge in [0, 0.05) is 21.8 Å². The van der Waals surface area contributed by atoms with Crippen LogP contribution < -0.4 is 20.4 Å². The van der Waals surface area contributed by atoms with Crippen LogP contribution in [0.25, 0.3) is 0 Å². The molecule has 1 unspecified atom stereocenters. The Kier molecular flexibility index (Phi) is 9.71. The van der Waals surface area contributed by atoms with Gasteiger partial charge in [-0.05, 0) is 72.8 Å². The standard InChI is InChI=1S/C31H23Cl3N6O6/c1-46-22-8-5-19(6-9-22)37-38-27-29(39-40(31(27)45)28-23(33)14-18(32)15-24(28)34)36-30(44)16-3-2-4-20(11-16)35-26(43)13-17-12-21(41)7-10-25(17)42/h2-12,14-15,27,41-42H,13H2,1H3,(H,35,43)(H,36,39,44). The van der Waals surface area contributed by atoms with Crippen LogP contribution in [0.15, 0.2) is 94.2 Å². The molecule has 1 aliphatic rings. The van der Waals surface area contributed by atoms with E-state index in [0.29, 0.717) is 11.4 Å². The van der Waals surface area contributed by atoms with Gasteiger partial charge in [-0.3, -0.25) is 14.4 Å². The van der Waals surface area contributed by atoms with Gasteiger partial charge in [0.05, 0.1) is 29.3 Å². The number of nitrogens with one attached hydrogen (secondary N) is 2. The molecule has 0 bridgehead atoms. The van der Waals surface area contributed by atoms with E-state index < -0.39 is 23.8 Å². The fourth-order valence-electron chi connectivity index (χ4n) is 4.33. The number of hydrogen-bond donors (Lipinski definition) is 4. The van der Waals surface area contributed by atoms with Crippen molar-refractivity contribution in [3.63, 3.8) is 0 Å². The molecule has 234 valence electrons. The van der Waals surface area contributed by atoms with E-state index in [2.05, 4.69) is 26.0 Å². The molecule has 3 amide bonds. The quantitative estimate of drug-likeness (QED) is 0.123. The molecule has 12 nitrogen and oxygen atoms in total. The number of methoxy groups -OCH3 is 1. The van der Waals surface area contributed by atoms with Gasteiger partial charge in [-0.1, -0.05) is 40.9 Å². The third kappa shape index (κ3) is 7.37. The SMILES string of the molecule is COc1ccc(N=NC2C(=O)N(c3c(Cl)cc(Cl)cc3Cl)N=C2NC(=O)c2cccc(NC(=O)Cc3cc(O)ccc3O)c2)cc1. The highest BCUT2D eigenvalue weighted by molar-refractivity contribution is 6.43. The van der Waals surface area contributed by atoms with Crippen molar-refractivity contribution < 1.29 is 29.3 Å². The summed E-state index contributed by atoms with van der Waals surface area (Å²) in [6.45, 7) is 0. The highest BCUT2D eigenvalue weighted by Crippen LogP contribution is 2.39. The minimum atomic E-state index is -1.38. The van der Waals surface area contributed by atoms with Gasteiger partial charge < -0.3 is 25.6 Å². The number of carbonyl (C=O) groups is 3. The number of halogens is 3. The van der Waals surface area contributed by atoms with Crippen LogP contribution in [0.4, 0.5) is 17.1 Å². The largest absolute Gasteiger partial charge is 0.508 e. The lowest BCUT2D eigenvalue weighted by atomic mass is 10.1. The first-order valence-corrected chi connectivity index (χ1v) is 14.5. The van der Waals surface area contributed by atoms with Gasteiger partial charge in [-0.2, -0.15) is 15.2 Å². The summed E-state index contributed by atoms with van der Waals surface area (Å²) in [4.78, 5) is 39.6. The summed E-state index contributed by atoms with van der Waals surface area (Å²) in [6, 6.07) is 17.8. The molecule has 15 heteroatoms. The maximum absolute atomic E-state index is 13.6. The van der Waals surface area contributed by atoms with Gasteiger partial charge in [-0.25, -0.2) is 0 Å². The number of ether oxygens (including phenoxy) is 1. The zero-order valence-corrected chi connectivity index (χ0v) is 26.0. The van der Waals surface area contributed by atoms with Gasteiger partial charge in [0.25, 0.3) is 11.8 Å². The monoisotopic (exact) mass is 680 g/mol. The second-order valence-electron chi connectivity index (χ2n) is 9.74. The number of nitrogens with zero attached hydrogens (tertiary/aromatic N) is 4. The van der Waals surface area contributed by atoms with Crippen molar-refractivity contribution in [3.8, 4) is 17.2 Å². The first-order valence-electron chi connectivity index (χ1n) is 13.4. The van der Waals surface area contributed by atoms with Gasteiger partial charge in [0.1, 0.15) is 22.9 Å². The molecule has 1 aliphatic heterocycles. The summed E-state index contributed by atoms with van der Waals surface area (Å²) in [7, 11) is 1.52. The van der Waals surface area contributed by atoms with Gasteiger partial charge >= 0.3 is 0 Å². The van der Waals surface area contributed by atoms with Crippen molar-refractivity contribution in [3.05, 3.63) is 105 Å². The Morgan fingerprint density at radius 1 is 0.957 bits per heavy atom. The minimum absolute atomic E-state index is 0.0362. The molecule has 0 saturated heterocycles. The van der Waals surface area contributed by atoms with Crippen molar-refractivity contribution in [1.29, 1.82) is 0 Å². The van der Waals surface area contributed by atoms with Gasteiger partial charge in [-0.15, -0.1) is 5.10 Å². The van der Waals surface area contributed by atoms with E-state index in [9.17, 15) is 24.6 Å². The molecule has 0 radical (unpaired) electrons. The Balaban J connectivity index is 1.39. The van der Waals surface area contributed by atoms with Crippen LogP contribution in [0, 0.1) is 0 Å². The maximum atomic E-state index is 13.6. The molecule has 0 saturated carbocycles. The number of phenols is 2. The van der Waals surface area contributed by atoms with E-state index in [1.54, 1.807) is 36.4 Å². The molecule has 5 rings (SSSR count). The summed E-state index contributed by atoms with van der Waals surface area (Å²) in [6.07, 6.45) is -0.234. The lowest BCUT2D eigenvalue weighted by Crippen LogP contribution is -2.39. The average molecular weight is 682 g/mol. The number of hydrazone groups is 1. The molecule has 1 atom stereocenters. The molecule has 1 heterocycles. The number of anilines is 2. The van der Waals surface area contributed by atoms with E-state index in [1.165, 1.54) is 49.6 Å². The van der Waals surface area contributed by atoms with Crippen LogP contribution in [-0.2, 0) is 16.0 Å². The molecule has 0 aliphatic carbocycles. The molecule has 4 N–H and O–H groups in total. The highest BCUT2D eigenvalue weighted by Gasteiger charge is 2.40. The molecular weight excluding hydrogens is 659 g/mol. The second kappa shape index (κ2) is 13.9. The maximum Gasteiger partial charge on any atom is 0.282 e. The van der Waals surface area contributed by atoms with Crippen molar-refractivity contribution in [2.75, 3.05) is 17.4 Å². The Bertz CT molecular complexity index is 1880. The molecule has 4 aromatic carbocycles. The number of carbonyl (C=O) groups excluding carboxylic acids is 3. The normalized spacial score (nSPS) is 14.3. The van der Waals surface area contributed by atoms with Crippen LogP contribution in [-0.4, -0.2) is 46.9 Å². The molecule has 4 aromatic rings. The van der Waals surface area contributed by atoms with Crippen LogP contribution in [0.2, 0.25) is 15.1 Å². The third-order valence-corrected chi connectivity index (χ3v) is 7.32. The highest BCUT2D eigenvalue weighted by atomic mass is 35.5. The predicted octanol–water partition coefficient (Wildman–Crippen LogP) is 6.49. The Morgan fingerprint density at radius 3 is 2.37 bits per heavy atom. The summed E-state index contributed by atoms with van der Waals surface area (Å²) in [5.41, 5.74) is 1.05. The van der Waals surface area contributed by atoms with Crippen molar-refractivity contribution in [2.45, 2.75) is 12.5 Å². The van der Waals surface area contributed by atoms with Gasteiger partial charge in [0.2, 0.25) is 11.9 Å². The van der Waals surface area contributed by atoms with Crippen molar-refractivity contribution >= 4 is 75.4 Å². The third-order valence-electron chi connectivity index (χ3n) is 6.53. The number of aromatic hydroxyl groups is 2. The zero-order valence-electron chi connectivity index (χ0n) is 23.7. The molecule has 0 aromatic heterocycles. The first-order chi connectivity index (χ1) is 22.0. The second-order valence-corrected chi connectivity index (χ2v) is 11.0. The van der Waals surface area contributed by atoms with Gasteiger partial charge in [0.15, 0.2) is 5.84 Å². The number of benzene rings is 4. The van der Waals surface area contributed by atoms with Crippen LogP contribution in [0.1, 0.15) is 15.9 Å². The van der Waals surface area contributed by atoms with Crippen molar-refractivity contribution in [2.24, 2.45) is 15.3 Å². The smallest absolute Gasteiger partial charge is 0.282 e. The van der Waals surface area contributed by atoms with Crippen molar-refractivity contribution in [1.82, 2.24) is 5.32 Å². The lowest BCUT2D eigenvalue weighted by molar-refractivity contribution is -0.118. The molecule has 0 fully saturated rings. The Hall–Kier alpha value is -5.17. The fourth-order valence-corrected chi connectivity index (χ4v) is 5.31. The average Bonchev–Trinajstić information content (AvgIpc) is 3.31. The van der Waals surface area contributed by atoms with Crippen LogP contribution >= 0.6 is 34.8 Å². The number of hydrogen-bond acceptors (Lipinski definition) is 9. The zero-order chi connectivity index (χ0) is 33.0. The number of rotatable bonds is 8.